The minimum atomic E-state index is -4.70. The first-order valence-electron chi connectivity index (χ1n) is 4.78. The molecular formula is C11H8F3NO2. The summed E-state index contributed by atoms with van der Waals surface area (Å²) < 4.78 is 42.3. The zero-order valence-electron chi connectivity index (χ0n) is 8.84. The molecule has 0 bridgehead atoms. The number of rotatable bonds is 1. The standard InChI is InChI=1S/C11H8F3NO2/c1-17-7-2-3-8-6(4-7)5-9(16)10(15-8)11(12,13)14/h2-4H,5H2,1H3. The van der Waals surface area contributed by atoms with Gasteiger partial charge in [0.1, 0.15) is 5.75 Å². The smallest absolute Gasteiger partial charge is 0.436 e. The second-order valence-electron chi connectivity index (χ2n) is 3.55. The molecule has 0 aliphatic carbocycles. The van der Waals surface area contributed by atoms with Crippen LogP contribution in [0, 0.1) is 0 Å². The van der Waals surface area contributed by atoms with Crippen molar-refractivity contribution in [2.45, 2.75) is 12.6 Å². The number of aliphatic imine (C=N–C) groups is 1. The highest BCUT2D eigenvalue weighted by molar-refractivity contribution is 6.43. The zero-order valence-corrected chi connectivity index (χ0v) is 8.84. The van der Waals surface area contributed by atoms with E-state index >= 15 is 0 Å². The molecule has 0 unspecified atom stereocenters. The lowest BCUT2D eigenvalue weighted by atomic mass is 10.00. The lowest BCUT2D eigenvalue weighted by molar-refractivity contribution is -0.116. The molecule has 1 aromatic carbocycles. The number of ether oxygens (including phenoxy) is 1. The number of nitrogens with zero attached hydrogens (tertiary/aromatic N) is 1. The summed E-state index contributed by atoms with van der Waals surface area (Å²) in [4.78, 5) is 14.7. The van der Waals surface area contributed by atoms with Crippen molar-refractivity contribution in [2.24, 2.45) is 4.99 Å². The van der Waals surface area contributed by atoms with Crippen LogP contribution < -0.4 is 4.74 Å². The quantitative estimate of drug-likeness (QED) is 0.759. The fraction of sp³-hybridized carbons (Fsp3) is 0.273. The molecule has 0 spiro atoms. The van der Waals surface area contributed by atoms with Gasteiger partial charge in [0.25, 0.3) is 0 Å². The van der Waals surface area contributed by atoms with E-state index in [4.69, 9.17) is 4.74 Å². The number of fused-ring (bicyclic) bond motifs is 1. The molecule has 0 radical (unpaired) electrons. The Balaban J connectivity index is 2.49. The fourth-order valence-corrected chi connectivity index (χ4v) is 1.60. The van der Waals surface area contributed by atoms with Gasteiger partial charge in [0, 0.05) is 6.42 Å². The Morgan fingerprint density at radius 2 is 2.06 bits per heavy atom. The number of methoxy groups -OCH3 is 1. The van der Waals surface area contributed by atoms with Gasteiger partial charge in [-0.15, -0.1) is 0 Å². The number of benzene rings is 1. The first-order valence-corrected chi connectivity index (χ1v) is 4.78. The van der Waals surface area contributed by atoms with Crippen molar-refractivity contribution in [1.82, 2.24) is 0 Å². The number of Topliss-reactive ketones (excluding diaryl/α,β-unsaturated/α-hetero) is 1. The predicted molar refractivity (Wildman–Crippen MR) is 54.9 cm³/mol. The summed E-state index contributed by atoms with van der Waals surface area (Å²) in [6, 6.07) is 4.43. The Hall–Kier alpha value is -1.85. The number of carbonyl (C=O) groups is 1. The van der Waals surface area contributed by atoms with Crippen LogP contribution in [-0.2, 0) is 11.2 Å². The van der Waals surface area contributed by atoms with Crippen LogP contribution >= 0.6 is 0 Å². The predicted octanol–water partition coefficient (Wildman–Crippen LogP) is 2.46. The molecule has 6 heteroatoms. The fourth-order valence-electron chi connectivity index (χ4n) is 1.60. The maximum absolute atomic E-state index is 12.5. The van der Waals surface area contributed by atoms with Crippen molar-refractivity contribution < 1.29 is 22.7 Å². The van der Waals surface area contributed by atoms with Gasteiger partial charge < -0.3 is 4.74 Å². The van der Waals surface area contributed by atoms with Gasteiger partial charge in [0.05, 0.1) is 12.8 Å². The Morgan fingerprint density at radius 1 is 1.35 bits per heavy atom. The Bertz CT molecular complexity index is 506. The number of alkyl halides is 3. The lowest BCUT2D eigenvalue weighted by Crippen LogP contribution is -2.33. The molecule has 90 valence electrons. The lowest BCUT2D eigenvalue weighted by Gasteiger charge is -2.16. The molecule has 1 aromatic rings. The molecule has 2 rings (SSSR count). The van der Waals surface area contributed by atoms with E-state index < -0.39 is 17.7 Å². The first kappa shape index (κ1) is 11.6. The van der Waals surface area contributed by atoms with Gasteiger partial charge in [-0.3, -0.25) is 4.79 Å². The molecule has 1 aliphatic heterocycles. The van der Waals surface area contributed by atoms with Gasteiger partial charge in [0.2, 0.25) is 0 Å². The number of halogens is 3. The molecule has 17 heavy (non-hydrogen) atoms. The van der Waals surface area contributed by atoms with E-state index in [9.17, 15) is 18.0 Å². The van der Waals surface area contributed by atoms with Crippen LogP contribution in [0.25, 0.3) is 0 Å². The van der Waals surface area contributed by atoms with Crippen LogP contribution in [0.3, 0.4) is 0 Å². The Labute approximate surface area is 94.9 Å². The van der Waals surface area contributed by atoms with E-state index in [0.29, 0.717) is 11.3 Å². The molecule has 0 aromatic heterocycles. The highest BCUT2D eigenvalue weighted by Gasteiger charge is 2.42. The molecule has 0 N–H and O–H groups in total. The third-order valence-corrected chi connectivity index (χ3v) is 2.40. The van der Waals surface area contributed by atoms with Crippen LogP contribution in [0.5, 0.6) is 5.75 Å². The molecule has 1 aliphatic rings. The third-order valence-electron chi connectivity index (χ3n) is 2.40. The second-order valence-corrected chi connectivity index (χ2v) is 3.55. The summed E-state index contributed by atoms with van der Waals surface area (Å²) in [5.74, 6) is -0.527. The van der Waals surface area contributed by atoms with Crippen LogP contribution in [0.15, 0.2) is 23.2 Å². The summed E-state index contributed by atoms with van der Waals surface area (Å²) in [6.07, 6.45) is -5.00. The summed E-state index contributed by atoms with van der Waals surface area (Å²) in [7, 11) is 1.44. The van der Waals surface area contributed by atoms with E-state index in [1.165, 1.54) is 25.3 Å². The summed E-state index contributed by atoms with van der Waals surface area (Å²) in [5.41, 5.74) is -0.727. The summed E-state index contributed by atoms with van der Waals surface area (Å²) >= 11 is 0. The highest BCUT2D eigenvalue weighted by atomic mass is 19.4. The van der Waals surface area contributed by atoms with Crippen molar-refractivity contribution in [3.05, 3.63) is 23.8 Å². The molecular weight excluding hydrogens is 235 g/mol. The van der Waals surface area contributed by atoms with E-state index in [0.717, 1.165) is 0 Å². The number of hydrogen-bond donors (Lipinski definition) is 0. The molecule has 3 nitrogen and oxygen atoms in total. The van der Waals surface area contributed by atoms with Crippen molar-refractivity contribution in [3.8, 4) is 5.75 Å². The van der Waals surface area contributed by atoms with E-state index in [-0.39, 0.29) is 12.1 Å². The van der Waals surface area contributed by atoms with E-state index in [2.05, 4.69) is 4.99 Å². The van der Waals surface area contributed by atoms with Gasteiger partial charge in [-0.1, -0.05) is 0 Å². The Morgan fingerprint density at radius 3 is 2.65 bits per heavy atom. The van der Waals surface area contributed by atoms with Gasteiger partial charge in [-0.2, -0.15) is 13.2 Å². The number of ketones is 1. The van der Waals surface area contributed by atoms with Gasteiger partial charge in [-0.25, -0.2) is 4.99 Å². The highest BCUT2D eigenvalue weighted by Crippen LogP contribution is 2.32. The van der Waals surface area contributed by atoms with E-state index in [1.807, 2.05) is 0 Å². The largest absolute Gasteiger partial charge is 0.497 e. The van der Waals surface area contributed by atoms with Crippen LogP contribution in [-0.4, -0.2) is 24.8 Å². The number of carbonyl (C=O) groups excluding carboxylic acids is 1. The van der Waals surface area contributed by atoms with Gasteiger partial charge in [0.15, 0.2) is 11.5 Å². The van der Waals surface area contributed by atoms with Crippen molar-refractivity contribution in [3.63, 3.8) is 0 Å². The molecule has 0 saturated carbocycles. The topological polar surface area (TPSA) is 38.7 Å². The van der Waals surface area contributed by atoms with Crippen molar-refractivity contribution in [2.75, 3.05) is 7.11 Å². The van der Waals surface area contributed by atoms with Crippen molar-refractivity contribution in [1.29, 1.82) is 0 Å². The maximum atomic E-state index is 12.5. The SMILES string of the molecule is COc1ccc2c(c1)CC(=O)C(C(F)(F)F)=N2. The minimum absolute atomic E-state index is 0.165. The minimum Gasteiger partial charge on any atom is -0.497 e. The molecule has 0 atom stereocenters. The van der Waals surface area contributed by atoms with Gasteiger partial charge in [-0.05, 0) is 23.8 Å². The van der Waals surface area contributed by atoms with E-state index in [1.54, 1.807) is 0 Å². The second kappa shape index (κ2) is 3.87. The molecule has 0 fully saturated rings. The zero-order chi connectivity index (χ0) is 12.6. The van der Waals surface area contributed by atoms with Crippen LogP contribution in [0.2, 0.25) is 0 Å². The Kier molecular flexibility index (Phi) is 2.65. The van der Waals surface area contributed by atoms with Gasteiger partial charge >= 0.3 is 6.18 Å². The van der Waals surface area contributed by atoms with Crippen LogP contribution in [0.1, 0.15) is 5.56 Å². The van der Waals surface area contributed by atoms with Crippen LogP contribution in [0.4, 0.5) is 18.9 Å². The molecule has 1 heterocycles. The third kappa shape index (κ3) is 2.15. The average Bonchev–Trinajstić information content (AvgIpc) is 2.25. The normalized spacial score (nSPS) is 15.3. The first-order chi connectivity index (χ1) is 7.91. The van der Waals surface area contributed by atoms with Crippen molar-refractivity contribution >= 4 is 17.2 Å². The summed E-state index contributed by atoms with van der Waals surface area (Å²) in [5, 5.41) is 0. The molecule has 0 amide bonds. The molecule has 0 saturated heterocycles. The summed E-state index contributed by atoms with van der Waals surface area (Å²) in [6.45, 7) is 0. The number of hydrogen-bond acceptors (Lipinski definition) is 3. The maximum Gasteiger partial charge on any atom is 0.436 e. The average molecular weight is 243 g/mol. The monoisotopic (exact) mass is 243 g/mol.